The van der Waals surface area contributed by atoms with Crippen molar-refractivity contribution in [2.45, 2.75) is 45.4 Å². The number of fused-ring (bicyclic) bond motifs is 1. The summed E-state index contributed by atoms with van der Waals surface area (Å²) in [5, 5.41) is 6.72. The van der Waals surface area contributed by atoms with Gasteiger partial charge in [0.2, 0.25) is 0 Å². The Kier molecular flexibility index (Phi) is 11.1. The Hall–Kier alpha value is -0.820. The van der Waals surface area contributed by atoms with E-state index in [9.17, 15) is 0 Å². The highest BCUT2D eigenvalue weighted by molar-refractivity contribution is 14.0. The van der Waals surface area contributed by atoms with Crippen LogP contribution in [0.2, 0.25) is 0 Å². The van der Waals surface area contributed by atoms with Gasteiger partial charge in [0.15, 0.2) is 5.96 Å². The van der Waals surface area contributed by atoms with Crippen molar-refractivity contribution in [3.8, 4) is 0 Å². The number of guanidine groups is 1. The van der Waals surface area contributed by atoms with E-state index in [1.54, 1.807) is 0 Å². The Morgan fingerprint density at radius 3 is 2.71 bits per heavy atom. The van der Waals surface area contributed by atoms with Gasteiger partial charge < -0.3 is 15.4 Å². The minimum atomic E-state index is 0. The molecule has 4 nitrogen and oxygen atoms in total. The number of hydrogen-bond acceptors (Lipinski definition) is 2. The molecule has 0 saturated carbocycles. The number of unbranched alkanes of at least 4 members (excludes halogenated alkanes) is 1. The topological polar surface area (TPSA) is 45.6 Å². The lowest BCUT2D eigenvalue weighted by Gasteiger charge is -2.28. The second-order valence-corrected chi connectivity index (χ2v) is 6.07. The predicted octanol–water partition coefficient (Wildman–Crippen LogP) is 3.71. The Morgan fingerprint density at radius 1 is 1.17 bits per heavy atom. The van der Waals surface area contributed by atoms with Crippen LogP contribution in [-0.4, -0.2) is 38.8 Å². The van der Waals surface area contributed by atoms with Crippen molar-refractivity contribution < 1.29 is 4.74 Å². The summed E-state index contributed by atoms with van der Waals surface area (Å²) in [6.07, 6.45) is 4.52. The minimum Gasteiger partial charge on any atom is -0.381 e. The quantitative estimate of drug-likeness (QED) is 0.250. The fraction of sp³-hybridized carbons (Fsp3) is 0.632. The van der Waals surface area contributed by atoms with E-state index < -0.39 is 0 Å². The summed E-state index contributed by atoms with van der Waals surface area (Å²) in [4.78, 5) is 4.74. The molecule has 1 aromatic rings. The van der Waals surface area contributed by atoms with Gasteiger partial charge in [-0.3, -0.25) is 4.99 Å². The van der Waals surface area contributed by atoms with E-state index in [0.717, 1.165) is 58.1 Å². The van der Waals surface area contributed by atoms with Crippen LogP contribution in [0.1, 0.15) is 50.2 Å². The number of benzene rings is 1. The maximum Gasteiger partial charge on any atom is 0.191 e. The summed E-state index contributed by atoms with van der Waals surface area (Å²) in [6.45, 7) is 8.64. The molecule has 0 saturated heterocycles. The number of halogens is 1. The Balaban J connectivity index is 0.00000288. The first-order valence-electron chi connectivity index (χ1n) is 9.02. The van der Waals surface area contributed by atoms with Crippen molar-refractivity contribution in [1.29, 1.82) is 0 Å². The molecule has 1 aromatic carbocycles. The normalized spacial score (nSPS) is 15.9. The highest BCUT2D eigenvalue weighted by atomic mass is 127. The molecule has 2 rings (SSSR count). The molecule has 0 heterocycles. The van der Waals surface area contributed by atoms with E-state index in [4.69, 9.17) is 9.73 Å². The Labute approximate surface area is 163 Å². The van der Waals surface area contributed by atoms with Crippen LogP contribution in [0.25, 0.3) is 0 Å². The second kappa shape index (κ2) is 12.5. The molecule has 2 N–H and O–H groups in total. The maximum absolute atomic E-state index is 5.58. The number of ether oxygens (including phenoxy) is 1. The molecule has 0 aromatic heterocycles. The third kappa shape index (κ3) is 6.97. The molecule has 1 unspecified atom stereocenters. The highest BCUT2D eigenvalue weighted by Gasteiger charge is 2.24. The van der Waals surface area contributed by atoms with E-state index in [1.165, 1.54) is 17.5 Å². The van der Waals surface area contributed by atoms with Gasteiger partial charge in [0.05, 0.1) is 0 Å². The number of aliphatic imine (C=N–C) groups is 1. The molecule has 0 fully saturated rings. The smallest absolute Gasteiger partial charge is 0.191 e. The van der Waals surface area contributed by atoms with Crippen LogP contribution in [0, 0.1) is 0 Å². The SMILES string of the molecule is CCCCOCCCNC(=NCC1Cc2ccccc21)NCC.I. The molecule has 0 aliphatic heterocycles. The molecule has 136 valence electrons. The highest BCUT2D eigenvalue weighted by Crippen LogP contribution is 2.34. The minimum absolute atomic E-state index is 0. The zero-order valence-corrected chi connectivity index (χ0v) is 17.3. The van der Waals surface area contributed by atoms with Crippen molar-refractivity contribution in [2.24, 2.45) is 4.99 Å². The van der Waals surface area contributed by atoms with Crippen molar-refractivity contribution in [2.75, 3.05) is 32.8 Å². The van der Waals surface area contributed by atoms with E-state index in [0.29, 0.717) is 5.92 Å². The van der Waals surface area contributed by atoms with Gasteiger partial charge in [-0.25, -0.2) is 0 Å². The molecule has 1 atom stereocenters. The number of nitrogens with one attached hydrogen (secondary N) is 2. The molecule has 5 heteroatoms. The maximum atomic E-state index is 5.58. The van der Waals surface area contributed by atoms with Gasteiger partial charge in [-0.1, -0.05) is 37.6 Å². The summed E-state index contributed by atoms with van der Waals surface area (Å²) < 4.78 is 5.58. The zero-order valence-electron chi connectivity index (χ0n) is 15.0. The molecule has 1 aliphatic rings. The van der Waals surface area contributed by atoms with E-state index in [2.05, 4.69) is 48.7 Å². The van der Waals surface area contributed by atoms with Crippen molar-refractivity contribution in [1.82, 2.24) is 10.6 Å². The van der Waals surface area contributed by atoms with Crippen LogP contribution in [0.4, 0.5) is 0 Å². The standard InChI is InChI=1S/C19H31N3O.HI/c1-3-5-12-23-13-8-11-21-19(20-4-2)22-15-17-14-16-9-6-7-10-18(16)17;/h6-7,9-10,17H,3-5,8,11-15H2,1-2H3,(H2,20,21,22);1H. The summed E-state index contributed by atoms with van der Waals surface area (Å²) >= 11 is 0. The van der Waals surface area contributed by atoms with Crippen LogP contribution in [-0.2, 0) is 11.2 Å². The lowest BCUT2D eigenvalue weighted by molar-refractivity contribution is 0.129. The first-order valence-corrected chi connectivity index (χ1v) is 9.02. The van der Waals surface area contributed by atoms with Crippen LogP contribution < -0.4 is 10.6 Å². The summed E-state index contributed by atoms with van der Waals surface area (Å²) in [5.41, 5.74) is 2.95. The summed E-state index contributed by atoms with van der Waals surface area (Å²) in [5.74, 6) is 1.50. The molecule has 0 bridgehead atoms. The molecule has 1 aliphatic carbocycles. The van der Waals surface area contributed by atoms with E-state index >= 15 is 0 Å². The largest absolute Gasteiger partial charge is 0.381 e. The Morgan fingerprint density at radius 2 is 1.96 bits per heavy atom. The first-order chi connectivity index (χ1) is 11.3. The van der Waals surface area contributed by atoms with Gasteiger partial charge in [-0.15, -0.1) is 24.0 Å². The van der Waals surface area contributed by atoms with Gasteiger partial charge in [0.1, 0.15) is 0 Å². The van der Waals surface area contributed by atoms with Crippen LogP contribution in [0.3, 0.4) is 0 Å². The Bertz CT molecular complexity index is 493. The van der Waals surface area contributed by atoms with Crippen molar-refractivity contribution >= 4 is 29.9 Å². The third-order valence-corrected chi connectivity index (χ3v) is 4.18. The molecule has 24 heavy (non-hydrogen) atoms. The number of hydrogen-bond donors (Lipinski definition) is 2. The van der Waals surface area contributed by atoms with E-state index in [1.807, 2.05) is 0 Å². The first kappa shape index (κ1) is 21.2. The summed E-state index contributed by atoms with van der Waals surface area (Å²) in [6, 6.07) is 8.69. The van der Waals surface area contributed by atoms with Gasteiger partial charge >= 0.3 is 0 Å². The second-order valence-electron chi connectivity index (χ2n) is 6.07. The lowest BCUT2D eigenvalue weighted by atomic mass is 9.78. The van der Waals surface area contributed by atoms with Gasteiger partial charge in [-0.2, -0.15) is 0 Å². The molecule has 0 spiro atoms. The van der Waals surface area contributed by atoms with Crippen molar-refractivity contribution in [3.63, 3.8) is 0 Å². The van der Waals surface area contributed by atoms with Gasteiger partial charge in [0, 0.05) is 38.8 Å². The lowest BCUT2D eigenvalue weighted by Crippen LogP contribution is -2.38. The molecule has 0 amide bonds. The zero-order chi connectivity index (χ0) is 16.3. The summed E-state index contributed by atoms with van der Waals surface area (Å²) in [7, 11) is 0. The average molecular weight is 445 g/mol. The van der Waals surface area contributed by atoms with Crippen LogP contribution in [0.5, 0.6) is 0 Å². The van der Waals surface area contributed by atoms with E-state index in [-0.39, 0.29) is 24.0 Å². The fourth-order valence-electron chi connectivity index (χ4n) is 2.80. The van der Waals surface area contributed by atoms with Gasteiger partial charge in [-0.05, 0) is 37.3 Å². The van der Waals surface area contributed by atoms with Crippen LogP contribution >= 0.6 is 24.0 Å². The fourth-order valence-corrected chi connectivity index (χ4v) is 2.80. The number of nitrogens with zero attached hydrogens (tertiary/aromatic N) is 1. The number of rotatable bonds is 10. The molecular formula is C19H32IN3O. The average Bonchev–Trinajstić information content (AvgIpc) is 2.54. The van der Waals surface area contributed by atoms with Crippen LogP contribution in [0.15, 0.2) is 29.3 Å². The van der Waals surface area contributed by atoms with Gasteiger partial charge in [0.25, 0.3) is 0 Å². The predicted molar refractivity (Wildman–Crippen MR) is 113 cm³/mol. The van der Waals surface area contributed by atoms with Crippen molar-refractivity contribution in [3.05, 3.63) is 35.4 Å². The molecular weight excluding hydrogens is 413 g/mol. The third-order valence-electron chi connectivity index (χ3n) is 4.18. The monoisotopic (exact) mass is 445 g/mol. The molecule has 0 radical (unpaired) electrons.